The highest BCUT2D eigenvalue weighted by atomic mass is 16.5. The lowest BCUT2D eigenvalue weighted by molar-refractivity contribution is -0.132. The third kappa shape index (κ3) is 3.57. The molecule has 6 heteroatoms. The third-order valence-electron chi connectivity index (χ3n) is 4.24. The maximum absolute atomic E-state index is 12.5. The van der Waals surface area contributed by atoms with Crippen LogP contribution in [0.1, 0.15) is 31.0 Å². The van der Waals surface area contributed by atoms with Crippen LogP contribution in [-0.2, 0) is 9.53 Å². The van der Waals surface area contributed by atoms with Gasteiger partial charge in [-0.2, -0.15) is 0 Å². The van der Waals surface area contributed by atoms with Crippen molar-refractivity contribution in [1.82, 2.24) is 19.8 Å². The second kappa shape index (κ2) is 6.95. The summed E-state index contributed by atoms with van der Waals surface area (Å²) >= 11 is 0. The summed E-state index contributed by atoms with van der Waals surface area (Å²) in [4.78, 5) is 25.2. The van der Waals surface area contributed by atoms with E-state index in [1.54, 1.807) is 18.6 Å². The van der Waals surface area contributed by atoms with Gasteiger partial charge in [0.2, 0.25) is 5.91 Å². The second-order valence-electron chi connectivity index (χ2n) is 5.58. The van der Waals surface area contributed by atoms with Crippen molar-refractivity contribution >= 4 is 5.91 Å². The predicted octanol–water partition coefficient (Wildman–Crippen LogP) is 0.862. The molecule has 6 nitrogen and oxygen atoms in total. The van der Waals surface area contributed by atoms with Crippen LogP contribution in [0.2, 0.25) is 0 Å². The average Bonchev–Trinajstić information content (AvgIpc) is 3.04. The molecular formula is C15H22N4O2. The Kier molecular flexibility index (Phi) is 4.77. The molecule has 1 atom stereocenters. The van der Waals surface area contributed by atoms with Crippen molar-refractivity contribution in [2.24, 2.45) is 0 Å². The van der Waals surface area contributed by atoms with E-state index in [-0.39, 0.29) is 11.9 Å². The normalized spacial score (nSPS) is 23.4. The van der Waals surface area contributed by atoms with Gasteiger partial charge in [-0.1, -0.05) is 0 Å². The molecule has 21 heavy (non-hydrogen) atoms. The van der Waals surface area contributed by atoms with Crippen LogP contribution in [0.3, 0.4) is 0 Å². The Morgan fingerprint density at radius 1 is 1.29 bits per heavy atom. The first-order chi connectivity index (χ1) is 10.3. The van der Waals surface area contributed by atoms with Gasteiger partial charge in [0, 0.05) is 45.0 Å². The van der Waals surface area contributed by atoms with Crippen LogP contribution in [0.5, 0.6) is 0 Å². The minimum Gasteiger partial charge on any atom is -0.379 e. The summed E-state index contributed by atoms with van der Waals surface area (Å²) in [6.45, 7) is 5.08. The SMILES string of the molecule is O=C(CCN1CCOCC1)N1CCC[C@H]1c1cnccn1. The summed E-state index contributed by atoms with van der Waals surface area (Å²) in [7, 11) is 0. The standard InChI is InChI=1S/C15H22N4O2/c20-15(3-7-18-8-10-21-11-9-18)19-6-1-2-14(19)13-12-16-4-5-17-13/h4-5,12,14H,1-3,6-11H2/t14-/m0/s1. The molecule has 0 radical (unpaired) electrons. The lowest BCUT2D eigenvalue weighted by atomic mass is 10.1. The molecule has 1 aromatic heterocycles. The number of ether oxygens (including phenoxy) is 1. The number of carbonyl (C=O) groups excluding carboxylic acids is 1. The first-order valence-corrected chi connectivity index (χ1v) is 7.70. The van der Waals surface area contributed by atoms with Gasteiger partial charge in [0.1, 0.15) is 0 Å². The number of carbonyl (C=O) groups is 1. The molecule has 0 unspecified atom stereocenters. The molecule has 2 aliphatic rings. The number of nitrogens with zero attached hydrogens (tertiary/aromatic N) is 4. The number of amides is 1. The summed E-state index contributed by atoms with van der Waals surface area (Å²) in [5.41, 5.74) is 0.912. The average molecular weight is 290 g/mol. The molecule has 0 N–H and O–H groups in total. The van der Waals surface area contributed by atoms with Gasteiger partial charge in [0.15, 0.2) is 0 Å². The number of rotatable bonds is 4. The van der Waals surface area contributed by atoms with Crippen LogP contribution in [0, 0.1) is 0 Å². The summed E-state index contributed by atoms with van der Waals surface area (Å²) < 4.78 is 5.33. The van der Waals surface area contributed by atoms with Crippen LogP contribution in [0.4, 0.5) is 0 Å². The molecule has 1 amide bonds. The molecule has 1 aromatic rings. The van der Waals surface area contributed by atoms with Gasteiger partial charge in [0.05, 0.1) is 31.1 Å². The lowest BCUT2D eigenvalue weighted by Crippen LogP contribution is -2.39. The van der Waals surface area contributed by atoms with Gasteiger partial charge < -0.3 is 9.64 Å². The van der Waals surface area contributed by atoms with Gasteiger partial charge >= 0.3 is 0 Å². The van der Waals surface area contributed by atoms with E-state index in [1.165, 1.54) is 0 Å². The van der Waals surface area contributed by atoms with Gasteiger partial charge in [-0.15, -0.1) is 0 Å². The Balaban J connectivity index is 1.55. The summed E-state index contributed by atoms with van der Waals surface area (Å²) in [6.07, 6.45) is 7.76. The smallest absolute Gasteiger partial charge is 0.224 e. The minimum atomic E-state index is 0.107. The van der Waals surface area contributed by atoms with Gasteiger partial charge in [-0.3, -0.25) is 19.7 Å². The van der Waals surface area contributed by atoms with E-state index < -0.39 is 0 Å². The van der Waals surface area contributed by atoms with E-state index in [0.717, 1.165) is 57.9 Å². The zero-order chi connectivity index (χ0) is 14.5. The fraction of sp³-hybridized carbons (Fsp3) is 0.667. The van der Waals surface area contributed by atoms with E-state index in [2.05, 4.69) is 14.9 Å². The van der Waals surface area contributed by atoms with E-state index in [9.17, 15) is 4.79 Å². The molecule has 0 saturated carbocycles. The summed E-state index contributed by atoms with van der Waals surface area (Å²) in [5.74, 6) is 0.231. The number of likely N-dealkylation sites (tertiary alicyclic amines) is 1. The molecule has 2 fully saturated rings. The monoisotopic (exact) mass is 290 g/mol. The van der Waals surface area contributed by atoms with Gasteiger partial charge in [-0.05, 0) is 12.8 Å². The van der Waals surface area contributed by atoms with Crippen molar-refractivity contribution in [3.8, 4) is 0 Å². The fourth-order valence-electron chi connectivity index (χ4n) is 3.08. The predicted molar refractivity (Wildman–Crippen MR) is 77.6 cm³/mol. The van der Waals surface area contributed by atoms with Crippen LogP contribution in [0.25, 0.3) is 0 Å². The maximum Gasteiger partial charge on any atom is 0.224 e. The van der Waals surface area contributed by atoms with Gasteiger partial charge in [0.25, 0.3) is 0 Å². The van der Waals surface area contributed by atoms with Crippen LogP contribution in [0.15, 0.2) is 18.6 Å². The minimum absolute atomic E-state index is 0.107. The number of morpholine rings is 1. The van der Waals surface area contributed by atoms with Crippen molar-refractivity contribution in [2.75, 3.05) is 39.4 Å². The molecular weight excluding hydrogens is 268 g/mol. The van der Waals surface area contributed by atoms with E-state index in [0.29, 0.717) is 6.42 Å². The zero-order valence-corrected chi connectivity index (χ0v) is 12.3. The fourth-order valence-corrected chi connectivity index (χ4v) is 3.08. The Bertz CT molecular complexity index is 462. The van der Waals surface area contributed by atoms with E-state index >= 15 is 0 Å². The van der Waals surface area contributed by atoms with E-state index in [4.69, 9.17) is 4.74 Å². The molecule has 0 spiro atoms. The first-order valence-electron chi connectivity index (χ1n) is 7.70. The summed E-state index contributed by atoms with van der Waals surface area (Å²) in [6, 6.07) is 0.107. The molecule has 3 heterocycles. The molecule has 0 aromatic carbocycles. The van der Waals surface area contributed by atoms with Crippen LogP contribution < -0.4 is 0 Å². The zero-order valence-electron chi connectivity index (χ0n) is 12.3. The van der Waals surface area contributed by atoms with Crippen molar-refractivity contribution in [3.05, 3.63) is 24.3 Å². The van der Waals surface area contributed by atoms with Crippen LogP contribution in [-0.4, -0.2) is 65.1 Å². The lowest BCUT2D eigenvalue weighted by Gasteiger charge is -2.28. The molecule has 0 aliphatic carbocycles. The topological polar surface area (TPSA) is 58.6 Å². The van der Waals surface area contributed by atoms with Crippen molar-refractivity contribution in [1.29, 1.82) is 0 Å². The first kappa shape index (κ1) is 14.4. The Hall–Kier alpha value is -1.53. The highest BCUT2D eigenvalue weighted by Crippen LogP contribution is 2.30. The highest BCUT2D eigenvalue weighted by molar-refractivity contribution is 5.77. The van der Waals surface area contributed by atoms with E-state index in [1.807, 2.05) is 4.90 Å². The van der Waals surface area contributed by atoms with Crippen LogP contribution >= 0.6 is 0 Å². The Morgan fingerprint density at radius 3 is 2.90 bits per heavy atom. The molecule has 114 valence electrons. The molecule has 2 aliphatic heterocycles. The number of hydrogen-bond donors (Lipinski definition) is 0. The Labute approximate surface area is 125 Å². The molecule has 3 rings (SSSR count). The number of hydrogen-bond acceptors (Lipinski definition) is 5. The number of aromatic nitrogens is 2. The quantitative estimate of drug-likeness (QED) is 0.823. The van der Waals surface area contributed by atoms with Gasteiger partial charge in [-0.25, -0.2) is 0 Å². The van der Waals surface area contributed by atoms with Crippen molar-refractivity contribution < 1.29 is 9.53 Å². The Morgan fingerprint density at radius 2 is 2.14 bits per heavy atom. The third-order valence-corrected chi connectivity index (χ3v) is 4.24. The molecule has 2 saturated heterocycles. The highest BCUT2D eigenvalue weighted by Gasteiger charge is 2.30. The second-order valence-corrected chi connectivity index (χ2v) is 5.58. The largest absolute Gasteiger partial charge is 0.379 e. The maximum atomic E-state index is 12.5. The molecule has 0 bridgehead atoms. The van der Waals surface area contributed by atoms with Crippen molar-refractivity contribution in [2.45, 2.75) is 25.3 Å². The van der Waals surface area contributed by atoms with Crippen molar-refractivity contribution in [3.63, 3.8) is 0 Å². The summed E-state index contributed by atoms with van der Waals surface area (Å²) in [5, 5.41) is 0.